The van der Waals surface area contributed by atoms with Gasteiger partial charge in [-0.15, -0.1) is 0 Å². The summed E-state index contributed by atoms with van der Waals surface area (Å²) in [6.07, 6.45) is 8.29. The van der Waals surface area contributed by atoms with Crippen LogP contribution in [0.4, 0.5) is 0 Å². The van der Waals surface area contributed by atoms with Crippen molar-refractivity contribution in [1.82, 2.24) is 4.98 Å². The van der Waals surface area contributed by atoms with E-state index in [0.29, 0.717) is 5.41 Å². The molecule has 1 aromatic heterocycles. The van der Waals surface area contributed by atoms with E-state index in [1.54, 1.807) is 12.4 Å². The van der Waals surface area contributed by atoms with Crippen molar-refractivity contribution in [3.05, 3.63) is 29.0 Å². The van der Waals surface area contributed by atoms with Gasteiger partial charge in [-0.3, -0.25) is 4.98 Å². The normalized spacial score (nSPS) is 19.0. The van der Waals surface area contributed by atoms with Gasteiger partial charge >= 0.3 is 0 Å². The third kappa shape index (κ3) is 1.77. The molecule has 2 rings (SSSR count). The molecule has 1 aromatic rings. The average molecular weight is 211 g/mol. The summed E-state index contributed by atoms with van der Waals surface area (Å²) in [5.74, 6) is 0. The summed E-state index contributed by atoms with van der Waals surface area (Å²) in [7, 11) is 0. The van der Waals surface area contributed by atoms with Crippen LogP contribution in [-0.4, -0.2) is 11.5 Å². The monoisotopic (exact) mass is 210 g/mol. The number of aromatic nitrogens is 1. The molecule has 2 N–H and O–H groups in total. The SMILES string of the molecule is NCC1(Cc2ccncc2Cl)CCC1. The lowest BCUT2D eigenvalue weighted by Crippen LogP contribution is -2.39. The molecule has 3 heteroatoms. The smallest absolute Gasteiger partial charge is 0.0621 e. The molecular weight excluding hydrogens is 196 g/mol. The minimum Gasteiger partial charge on any atom is -0.330 e. The van der Waals surface area contributed by atoms with E-state index in [9.17, 15) is 0 Å². The number of rotatable bonds is 3. The van der Waals surface area contributed by atoms with Gasteiger partial charge in [-0.1, -0.05) is 18.0 Å². The zero-order valence-electron chi connectivity index (χ0n) is 8.17. The third-order valence-electron chi connectivity index (χ3n) is 3.27. The van der Waals surface area contributed by atoms with Crippen LogP contribution >= 0.6 is 11.6 Å². The molecule has 0 aromatic carbocycles. The van der Waals surface area contributed by atoms with Gasteiger partial charge in [0.25, 0.3) is 0 Å². The van der Waals surface area contributed by atoms with Crippen LogP contribution in [0.15, 0.2) is 18.5 Å². The molecule has 0 aliphatic heterocycles. The molecule has 76 valence electrons. The maximum absolute atomic E-state index is 6.07. The zero-order chi connectivity index (χ0) is 10.0. The predicted molar refractivity (Wildman–Crippen MR) is 58.3 cm³/mol. The molecule has 0 unspecified atom stereocenters. The van der Waals surface area contributed by atoms with Crippen molar-refractivity contribution >= 4 is 11.6 Å². The molecule has 1 fully saturated rings. The Kier molecular flexibility index (Phi) is 2.75. The van der Waals surface area contributed by atoms with Crippen LogP contribution in [0.5, 0.6) is 0 Å². The second kappa shape index (κ2) is 3.87. The van der Waals surface area contributed by atoms with Crippen molar-refractivity contribution in [3.8, 4) is 0 Å². The van der Waals surface area contributed by atoms with Crippen LogP contribution in [0.1, 0.15) is 24.8 Å². The number of hydrogen-bond acceptors (Lipinski definition) is 2. The first-order valence-corrected chi connectivity index (χ1v) is 5.42. The molecule has 0 bridgehead atoms. The summed E-state index contributed by atoms with van der Waals surface area (Å²) in [5.41, 5.74) is 7.32. The molecule has 1 aliphatic carbocycles. The Morgan fingerprint density at radius 3 is 2.79 bits per heavy atom. The van der Waals surface area contributed by atoms with Crippen LogP contribution in [0.2, 0.25) is 5.02 Å². The van der Waals surface area contributed by atoms with Gasteiger partial charge in [-0.2, -0.15) is 0 Å². The van der Waals surface area contributed by atoms with Crippen molar-refractivity contribution < 1.29 is 0 Å². The lowest BCUT2D eigenvalue weighted by molar-refractivity contribution is 0.145. The van der Waals surface area contributed by atoms with Crippen molar-refractivity contribution in [1.29, 1.82) is 0 Å². The van der Waals surface area contributed by atoms with Gasteiger partial charge in [-0.25, -0.2) is 0 Å². The lowest BCUT2D eigenvalue weighted by atomic mass is 9.65. The van der Waals surface area contributed by atoms with Crippen LogP contribution in [0.25, 0.3) is 0 Å². The summed E-state index contributed by atoms with van der Waals surface area (Å²) in [5, 5.41) is 0.771. The summed E-state index contributed by atoms with van der Waals surface area (Å²) in [4.78, 5) is 3.98. The second-order valence-corrected chi connectivity index (χ2v) is 4.61. The van der Waals surface area contributed by atoms with E-state index in [0.717, 1.165) is 18.0 Å². The third-order valence-corrected chi connectivity index (χ3v) is 3.61. The topological polar surface area (TPSA) is 38.9 Å². The lowest BCUT2D eigenvalue weighted by Gasteiger charge is -2.41. The van der Waals surface area contributed by atoms with Crippen LogP contribution in [0, 0.1) is 5.41 Å². The van der Waals surface area contributed by atoms with Crippen molar-refractivity contribution in [2.24, 2.45) is 11.1 Å². The Labute approximate surface area is 89.5 Å². The van der Waals surface area contributed by atoms with Crippen LogP contribution in [0.3, 0.4) is 0 Å². The highest BCUT2D eigenvalue weighted by molar-refractivity contribution is 6.31. The number of nitrogens with zero attached hydrogens (tertiary/aromatic N) is 1. The van der Waals surface area contributed by atoms with E-state index < -0.39 is 0 Å². The van der Waals surface area contributed by atoms with E-state index in [2.05, 4.69) is 4.98 Å². The van der Waals surface area contributed by atoms with E-state index in [1.807, 2.05) is 6.07 Å². The molecular formula is C11H15ClN2. The first kappa shape index (κ1) is 9.94. The predicted octanol–water partition coefficient (Wildman–Crippen LogP) is 2.41. The molecule has 1 heterocycles. The molecule has 2 nitrogen and oxygen atoms in total. The van der Waals surface area contributed by atoms with Gasteiger partial charge < -0.3 is 5.73 Å². The van der Waals surface area contributed by atoms with Gasteiger partial charge in [0, 0.05) is 12.4 Å². The Bertz CT molecular complexity index is 315. The highest BCUT2D eigenvalue weighted by Gasteiger charge is 2.35. The van der Waals surface area contributed by atoms with Crippen molar-refractivity contribution in [2.75, 3.05) is 6.54 Å². The fraction of sp³-hybridized carbons (Fsp3) is 0.545. The molecule has 0 amide bonds. The number of pyridine rings is 1. The van der Waals surface area contributed by atoms with Crippen LogP contribution < -0.4 is 5.73 Å². The second-order valence-electron chi connectivity index (χ2n) is 4.20. The first-order chi connectivity index (χ1) is 6.76. The molecule has 1 saturated carbocycles. The van der Waals surface area contributed by atoms with Gasteiger partial charge in [0.15, 0.2) is 0 Å². The molecule has 14 heavy (non-hydrogen) atoms. The van der Waals surface area contributed by atoms with Gasteiger partial charge in [0.05, 0.1) is 5.02 Å². The maximum Gasteiger partial charge on any atom is 0.0621 e. The molecule has 0 saturated heterocycles. The highest BCUT2D eigenvalue weighted by atomic mass is 35.5. The fourth-order valence-electron chi connectivity index (χ4n) is 2.08. The van der Waals surface area contributed by atoms with E-state index in [-0.39, 0.29) is 0 Å². The average Bonchev–Trinajstić information content (AvgIpc) is 2.14. The van der Waals surface area contributed by atoms with Crippen LogP contribution in [-0.2, 0) is 6.42 Å². The van der Waals surface area contributed by atoms with E-state index in [1.165, 1.54) is 24.8 Å². The number of hydrogen-bond donors (Lipinski definition) is 1. The Morgan fingerprint density at radius 2 is 2.29 bits per heavy atom. The molecule has 0 radical (unpaired) electrons. The molecule has 0 spiro atoms. The first-order valence-electron chi connectivity index (χ1n) is 5.04. The molecule has 0 atom stereocenters. The Balaban J connectivity index is 2.13. The Morgan fingerprint density at radius 1 is 1.50 bits per heavy atom. The molecule has 1 aliphatic rings. The van der Waals surface area contributed by atoms with Crippen molar-refractivity contribution in [2.45, 2.75) is 25.7 Å². The quantitative estimate of drug-likeness (QED) is 0.832. The summed E-state index contributed by atoms with van der Waals surface area (Å²) >= 11 is 6.07. The van der Waals surface area contributed by atoms with E-state index >= 15 is 0 Å². The van der Waals surface area contributed by atoms with Gasteiger partial charge in [-0.05, 0) is 42.9 Å². The maximum atomic E-state index is 6.07. The number of nitrogens with two attached hydrogens (primary N) is 1. The number of halogens is 1. The minimum absolute atomic E-state index is 0.324. The summed E-state index contributed by atoms with van der Waals surface area (Å²) < 4.78 is 0. The zero-order valence-corrected chi connectivity index (χ0v) is 8.93. The highest BCUT2D eigenvalue weighted by Crippen LogP contribution is 2.43. The van der Waals surface area contributed by atoms with Gasteiger partial charge in [0.1, 0.15) is 0 Å². The summed E-state index contributed by atoms with van der Waals surface area (Å²) in [6.45, 7) is 0.769. The summed E-state index contributed by atoms with van der Waals surface area (Å²) in [6, 6.07) is 2.00. The largest absolute Gasteiger partial charge is 0.330 e. The standard InChI is InChI=1S/C11H15ClN2/c12-10-7-14-5-2-9(10)6-11(8-13)3-1-4-11/h2,5,7H,1,3-4,6,8,13H2. The minimum atomic E-state index is 0.324. The van der Waals surface area contributed by atoms with Crippen molar-refractivity contribution in [3.63, 3.8) is 0 Å². The van der Waals surface area contributed by atoms with Gasteiger partial charge in [0.2, 0.25) is 0 Å². The Hall–Kier alpha value is -0.600. The fourth-order valence-corrected chi connectivity index (χ4v) is 2.27. The van der Waals surface area contributed by atoms with E-state index in [4.69, 9.17) is 17.3 Å².